The monoisotopic (exact) mass is 262 g/mol. The van der Waals surface area contributed by atoms with Crippen LogP contribution >= 0.6 is 11.6 Å². The molecule has 94 valence electrons. The van der Waals surface area contributed by atoms with Gasteiger partial charge in [0.1, 0.15) is 5.15 Å². The molecule has 0 aliphatic heterocycles. The van der Waals surface area contributed by atoms with Crippen molar-refractivity contribution in [2.24, 2.45) is 0 Å². The number of aromatic nitrogens is 2. The van der Waals surface area contributed by atoms with E-state index in [0.717, 1.165) is 29.8 Å². The highest BCUT2D eigenvalue weighted by molar-refractivity contribution is 6.30. The van der Waals surface area contributed by atoms with Crippen molar-refractivity contribution in [3.05, 3.63) is 46.2 Å². The van der Waals surface area contributed by atoms with Crippen LogP contribution in [-0.2, 0) is 6.61 Å². The van der Waals surface area contributed by atoms with Gasteiger partial charge in [0.05, 0.1) is 18.0 Å². The lowest BCUT2D eigenvalue weighted by Crippen LogP contribution is -1.97. The number of halogens is 1. The Labute approximate surface area is 111 Å². The van der Waals surface area contributed by atoms with Crippen molar-refractivity contribution in [2.75, 3.05) is 0 Å². The quantitative estimate of drug-likeness (QED) is 0.922. The minimum absolute atomic E-state index is 0.0451. The molecular formula is C14H15ClN2O. The number of rotatable bonds is 3. The average molecular weight is 263 g/mol. The van der Waals surface area contributed by atoms with Gasteiger partial charge in [-0.2, -0.15) is 5.10 Å². The van der Waals surface area contributed by atoms with E-state index in [0.29, 0.717) is 11.1 Å². The maximum atomic E-state index is 9.44. The molecule has 1 saturated carbocycles. The molecule has 4 heteroatoms. The zero-order chi connectivity index (χ0) is 12.7. The molecule has 1 aliphatic carbocycles. The van der Waals surface area contributed by atoms with Crippen molar-refractivity contribution >= 4 is 11.6 Å². The van der Waals surface area contributed by atoms with Crippen LogP contribution in [0.4, 0.5) is 0 Å². The van der Waals surface area contributed by atoms with Gasteiger partial charge in [-0.25, -0.2) is 4.68 Å². The van der Waals surface area contributed by atoms with E-state index in [1.165, 1.54) is 5.56 Å². The van der Waals surface area contributed by atoms with Gasteiger partial charge in [-0.05, 0) is 31.9 Å². The number of aliphatic hydroxyl groups excluding tert-OH is 1. The van der Waals surface area contributed by atoms with Crippen LogP contribution in [0.15, 0.2) is 24.3 Å². The number of aryl methyl sites for hydroxylation is 1. The van der Waals surface area contributed by atoms with Gasteiger partial charge in [-0.1, -0.05) is 29.3 Å². The Morgan fingerprint density at radius 3 is 2.56 bits per heavy atom. The molecule has 18 heavy (non-hydrogen) atoms. The molecular weight excluding hydrogens is 248 g/mol. The van der Waals surface area contributed by atoms with E-state index >= 15 is 0 Å². The number of nitrogens with zero attached hydrogens (tertiary/aromatic N) is 2. The molecule has 0 saturated heterocycles. The van der Waals surface area contributed by atoms with E-state index in [4.69, 9.17) is 11.6 Å². The summed E-state index contributed by atoms with van der Waals surface area (Å²) in [6, 6.07) is 8.05. The number of aliphatic hydroxyl groups is 1. The first-order chi connectivity index (χ1) is 8.70. The van der Waals surface area contributed by atoms with Crippen molar-refractivity contribution in [1.82, 2.24) is 9.78 Å². The molecule has 2 aromatic rings. The Morgan fingerprint density at radius 2 is 2.00 bits per heavy atom. The molecule has 0 bridgehead atoms. The standard InChI is InChI=1S/C14H15ClN2O/c1-9-2-6-11(7-3-9)17-14(15)12(8-18)13(16-17)10-4-5-10/h2-3,6-7,10,18H,4-5,8H2,1H3. The predicted octanol–water partition coefficient (Wildman–Crippen LogP) is 3.20. The van der Waals surface area contributed by atoms with Crippen molar-refractivity contribution in [3.8, 4) is 5.69 Å². The summed E-state index contributed by atoms with van der Waals surface area (Å²) in [5, 5.41) is 14.5. The Kier molecular flexibility index (Phi) is 2.88. The minimum atomic E-state index is -0.0451. The van der Waals surface area contributed by atoms with Crippen LogP contribution in [0.5, 0.6) is 0 Å². The Morgan fingerprint density at radius 1 is 1.33 bits per heavy atom. The molecule has 0 radical (unpaired) electrons. The van der Waals surface area contributed by atoms with Crippen molar-refractivity contribution in [1.29, 1.82) is 0 Å². The van der Waals surface area contributed by atoms with Gasteiger partial charge >= 0.3 is 0 Å². The second-order valence-corrected chi connectivity index (χ2v) is 5.19. The summed E-state index contributed by atoms with van der Waals surface area (Å²) in [5.74, 6) is 0.483. The summed E-state index contributed by atoms with van der Waals surface area (Å²) in [6.07, 6.45) is 2.29. The molecule has 0 amide bonds. The molecule has 0 atom stereocenters. The molecule has 1 aromatic heterocycles. The van der Waals surface area contributed by atoms with Gasteiger partial charge in [-0.3, -0.25) is 0 Å². The summed E-state index contributed by atoms with van der Waals surface area (Å²) < 4.78 is 1.72. The highest BCUT2D eigenvalue weighted by Gasteiger charge is 2.31. The number of hydrogen-bond acceptors (Lipinski definition) is 2. The lowest BCUT2D eigenvalue weighted by atomic mass is 10.2. The van der Waals surface area contributed by atoms with E-state index in [9.17, 15) is 5.11 Å². The second-order valence-electron chi connectivity index (χ2n) is 4.83. The maximum absolute atomic E-state index is 9.44. The summed E-state index contributed by atoms with van der Waals surface area (Å²) >= 11 is 6.32. The smallest absolute Gasteiger partial charge is 0.138 e. The highest BCUT2D eigenvalue weighted by atomic mass is 35.5. The summed E-state index contributed by atoms with van der Waals surface area (Å²) in [5.41, 5.74) is 3.88. The fraction of sp³-hybridized carbons (Fsp3) is 0.357. The fourth-order valence-corrected chi connectivity index (χ4v) is 2.43. The number of hydrogen-bond donors (Lipinski definition) is 1. The van der Waals surface area contributed by atoms with Crippen LogP contribution < -0.4 is 0 Å². The van der Waals surface area contributed by atoms with E-state index in [1.54, 1.807) is 4.68 Å². The molecule has 0 spiro atoms. The summed E-state index contributed by atoms with van der Waals surface area (Å²) in [7, 11) is 0. The lowest BCUT2D eigenvalue weighted by Gasteiger charge is -2.03. The normalized spacial score (nSPS) is 15.1. The largest absolute Gasteiger partial charge is 0.391 e. The minimum Gasteiger partial charge on any atom is -0.391 e. The third-order valence-electron chi connectivity index (χ3n) is 3.35. The first-order valence-corrected chi connectivity index (χ1v) is 6.53. The van der Waals surface area contributed by atoms with E-state index in [-0.39, 0.29) is 6.61 Å². The maximum Gasteiger partial charge on any atom is 0.138 e. The topological polar surface area (TPSA) is 38.0 Å². The second kappa shape index (κ2) is 4.41. The molecule has 0 unspecified atom stereocenters. The molecule has 1 N–H and O–H groups in total. The predicted molar refractivity (Wildman–Crippen MR) is 71.2 cm³/mol. The highest BCUT2D eigenvalue weighted by Crippen LogP contribution is 2.43. The van der Waals surface area contributed by atoms with Gasteiger partial charge in [-0.15, -0.1) is 0 Å². The molecule has 3 rings (SSSR count). The Hall–Kier alpha value is -1.32. The van der Waals surface area contributed by atoms with E-state index in [1.807, 2.05) is 31.2 Å². The van der Waals surface area contributed by atoms with Crippen LogP contribution in [0.3, 0.4) is 0 Å². The fourth-order valence-electron chi connectivity index (χ4n) is 2.13. The number of benzene rings is 1. The van der Waals surface area contributed by atoms with Crippen LogP contribution in [0.2, 0.25) is 5.15 Å². The van der Waals surface area contributed by atoms with Crippen LogP contribution in [0.25, 0.3) is 5.69 Å². The van der Waals surface area contributed by atoms with E-state index < -0.39 is 0 Å². The SMILES string of the molecule is Cc1ccc(-n2nc(C3CC3)c(CO)c2Cl)cc1. The third-order valence-corrected chi connectivity index (χ3v) is 3.74. The van der Waals surface area contributed by atoms with Gasteiger partial charge < -0.3 is 5.11 Å². The lowest BCUT2D eigenvalue weighted by molar-refractivity contribution is 0.280. The Balaban J connectivity index is 2.08. The average Bonchev–Trinajstić information content (AvgIpc) is 3.15. The molecule has 3 nitrogen and oxygen atoms in total. The summed E-state index contributed by atoms with van der Waals surface area (Å²) in [6.45, 7) is 2.00. The zero-order valence-corrected chi connectivity index (χ0v) is 11.0. The van der Waals surface area contributed by atoms with Gasteiger partial charge in [0.15, 0.2) is 0 Å². The molecule has 1 aliphatic rings. The van der Waals surface area contributed by atoms with Gasteiger partial charge in [0.2, 0.25) is 0 Å². The van der Waals surface area contributed by atoms with Crippen molar-refractivity contribution in [3.63, 3.8) is 0 Å². The third kappa shape index (κ3) is 1.93. The van der Waals surface area contributed by atoms with Gasteiger partial charge in [0, 0.05) is 11.5 Å². The molecule has 1 heterocycles. The van der Waals surface area contributed by atoms with Crippen LogP contribution in [0.1, 0.15) is 35.6 Å². The Bertz CT molecular complexity index is 570. The summed E-state index contributed by atoms with van der Waals surface area (Å²) in [4.78, 5) is 0. The van der Waals surface area contributed by atoms with Crippen LogP contribution in [-0.4, -0.2) is 14.9 Å². The van der Waals surface area contributed by atoms with Crippen molar-refractivity contribution in [2.45, 2.75) is 32.3 Å². The molecule has 1 aromatic carbocycles. The first-order valence-electron chi connectivity index (χ1n) is 6.16. The van der Waals surface area contributed by atoms with E-state index in [2.05, 4.69) is 5.10 Å². The van der Waals surface area contributed by atoms with Gasteiger partial charge in [0.25, 0.3) is 0 Å². The molecule has 1 fully saturated rings. The zero-order valence-electron chi connectivity index (χ0n) is 10.2. The van der Waals surface area contributed by atoms with Crippen molar-refractivity contribution < 1.29 is 5.11 Å². The van der Waals surface area contributed by atoms with Crippen LogP contribution in [0, 0.1) is 6.92 Å². The first kappa shape index (κ1) is 11.8.